The van der Waals surface area contributed by atoms with Gasteiger partial charge in [0.15, 0.2) is 0 Å². The third-order valence-corrected chi connectivity index (χ3v) is 5.46. The van der Waals surface area contributed by atoms with E-state index in [0.717, 1.165) is 36.9 Å². The molecule has 0 saturated heterocycles. The van der Waals surface area contributed by atoms with Gasteiger partial charge in [-0.1, -0.05) is 11.6 Å². The van der Waals surface area contributed by atoms with E-state index >= 15 is 0 Å². The van der Waals surface area contributed by atoms with Crippen molar-refractivity contribution in [2.24, 2.45) is 0 Å². The third-order valence-electron chi connectivity index (χ3n) is 5.15. The van der Waals surface area contributed by atoms with Crippen molar-refractivity contribution < 1.29 is 9.53 Å². The zero-order valence-corrected chi connectivity index (χ0v) is 14.9. The lowest BCUT2D eigenvalue weighted by atomic mass is 9.92. The van der Waals surface area contributed by atoms with Gasteiger partial charge in [0.1, 0.15) is 11.8 Å². The van der Waals surface area contributed by atoms with Crippen molar-refractivity contribution in [3.8, 4) is 11.8 Å². The fourth-order valence-corrected chi connectivity index (χ4v) is 3.98. The van der Waals surface area contributed by atoms with Gasteiger partial charge in [-0.2, -0.15) is 5.26 Å². The molecule has 2 aromatic rings. The number of ether oxygens (including phenoxy) is 1. The average molecular weight is 368 g/mol. The van der Waals surface area contributed by atoms with E-state index in [-0.39, 0.29) is 18.1 Å². The van der Waals surface area contributed by atoms with Crippen LogP contribution in [-0.4, -0.2) is 27.9 Å². The van der Waals surface area contributed by atoms with Crippen LogP contribution in [0.2, 0.25) is 5.02 Å². The Labute approximate surface area is 157 Å². The molecule has 1 fully saturated rings. The number of nitrogens with zero attached hydrogens (tertiary/aromatic N) is 3. The number of benzene rings is 1. The lowest BCUT2D eigenvalue weighted by molar-refractivity contribution is 0.0560. The molecule has 1 aliphatic heterocycles. The minimum Gasteiger partial charge on any atom is -0.490 e. The molecule has 0 bridgehead atoms. The van der Waals surface area contributed by atoms with Crippen LogP contribution in [0, 0.1) is 11.3 Å². The Hall–Kier alpha value is -2.58. The van der Waals surface area contributed by atoms with Crippen LogP contribution in [0.15, 0.2) is 36.5 Å². The molecular formula is C20H18ClN3O2. The van der Waals surface area contributed by atoms with Gasteiger partial charge in [-0.05, 0) is 49.9 Å². The topological polar surface area (TPSA) is 66.2 Å². The number of fused-ring (bicyclic) bond motifs is 1. The molecule has 4 rings (SSSR count). The van der Waals surface area contributed by atoms with E-state index in [9.17, 15) is 4.79 Å². The first kappa shape index (κ1) is 16.9. The molecule has 0 N–H and O–H groups in total. The SMILES string of the molecule is N#Cc1ccc(OC2CCC(N3Cc4ncccc4C3=O)CC2)cc1Cl. The first-order valence-corrected chi connectivity index (χ1v) is 9.14. The van der Waals surface area contributed by atoms with Crippen LogP contribution < -0.4 is 4.74 Å². The second-order valence-corrected chi connectivity index (χ2v) is 7.14. The summed E-state index contributed by atoms with van der Waals surface area (Å²) in [6.45, 7) is 0.608. The molecular weight excluding hydrogens is 350 g/mol. The van der Waals surface area contributed by atoms with Crippen molar-refractivity contribution in [3.05, 3.63) is 58.4 Å². The molecule has 132 valence electrons. The number of aromatic nitrogens is 1. The number of carbonyl (C=O) groups excluding carboxylic acids is 1. The molecule has 0 atom stereocenters. The maximum Gasteiger partial charge on any atom is 0.256 e. The van der Waals surface area contributed by atoms with Crippen LogP contribution in [-0.2, 0) is 6.54 Å². The zero-order chi connectivity index (χ0) is 18.1. The summed E-state index contributed by atoms with van der Waals surface area (Å²) in [5, 5.41) is 9.35. The first-order valence-electron chi connectivity index (χ1n) is 8.77. The number of hydrogen-bond donors (Lipinski definition) is 0. The molecule has 0 unspecified atom stereocenters. The van der Waals surface area contributed by atoms with Gasteiger partial charge in [0, 0.05) is 18.3 Å². The van der Waals surface area contributed by atoms with Gasteiger partial charge in [-0.3, -0.25) is 9.78 Å². The van der Waals surface area contributed by atoms with E-state index in [0.29, 0.717) is 22.9 Å². The van der Waals surface area contributed by atoms with Crippen LogP contribution in [0.25, 0.3) is 0 Å². The highest BCUT2D eigenvalue weighted by Crippen LogP contribution is 2.32. The molecule has 1 amide bonds. The number of amides is 1. The number of halogens is 1. The van der Waals surface area contributed by atoms with Crippen LogP contribution >= 0.6 is 11.6 Å². The minimum absolute atomic E-state index is 0.0938. The van der Waals surface area contributed by atoms with E-state index < -0.39 is 0 Å². The van der Waals surface area contributed by atoms with Gasteiger partial charge in [-0.15, -0.1) is 0 Å². The lowest BCUT2D eigenvalue weighted by Gasteiger charge is -2.34. The molecule has 26 heavy (non-hydrogen) atoms. The van der Waals surface area contributed by atoms with Gasteiger partial charge < -0.3 is 9.64 Å². The quantitative estimate of drug-likeness (QED) is 0.823. The monoisotopic (exact) mass is 367 g/mol. The molecule has 1 aromatic carbocycles. The molecule has 5 nitrogen and oxygen atoms in total. The molecule has 1 aromatic heterocycles. The second-order valence-electron chi connectivity index (χ2n) is 6.73. The molecule has 2 heterocycles. The Kier molecular flexibility index (Phi) is 4.52. The van der Waals surface area contributed by atoms with Crippen LogP contribution in [0.5, 0.6) is 5.75 Å². The largest absolute Gasteiger partial charge is 0.490 e. The Balaban J connectivity index is 1.36. The van der Waals surface area contributed by atoms with Gasteiger partial charge >= 0.3 is 0 Å². The third kappa shape index (κ3) is 3.13. The van der Waals surface area contributed by atoms with Gasteiger partial charge in [0.05, 0.1) is 34.5 Å². The first-order chi connectivity index (χ1) is 12.7. The fourth-order valence-electron chi connectivity index (χ4n) is 3.77. The van der Waals surface area contributed by atoms with E-state index in [1.54, 1.807) is 24.4 Å². The van der Waals surface area contributed by atoms with Crippen molar-refractivity contribution in [2.45, 2.75) is 44.4 Å². The van der Waals surface area contributed by atoms with Crippen molar-refractivity contribution in [2.75, 3.05) is 0 Å². The lowest BCUT2D eigenvalue weighted by Crippen LogP contribution is -2.40. The molecule has 0 radical (unpaired) electrons. The van der Waals surface area contributed by atoms with E-state index in [1.807, 2.05) is 23.1 Å². The van der Waals surface area contributed by atoms with Crippen molar-refractivity contribution >= 4 is 17.5 Å². The van der Waals surface area contributed by atoms with Gasteiger partial charge in [0.2, 0.25) is 0 Å². The van der Waals surface area contributed by atoms with E-state index in [4.69, 9.17) is 21.6 Å². The Morgan fingerprint density at radius 1 is 1.23 bits per heavy atom. The normalized spacial score (nSPS) is 22.0. The Bertz CT molecular complexity index is 885. The number of nitriles is 1. The molecule has 6 heteroatoms. The summed E-state index contributed by atoms with van der Waals surface area (Å²) in [5.74, 6) is 0.780. The van der Waals surface area contributed by atoms with Crippen LogP contribution in [0.3, 0.4) is 0 Å². The summed E-state index contributed by atoms with van der Waals surface area (Å²) < 4.78 is 6.03. The molecule has 0 spiro atoms. The molecule has 1 aliphatic carbocycles. The Morgan fingerprint density at radius 2 is 2.04 bits per heavy atom. The van der Waals surface area contributed by atoms with Crippen molar-refractivity contribution in [1.29, 1.82) is 5.26 Å². The van der Waals surface area contributed by atoms with Crippen molar-refractivity contribution in [3.63, 3.8) is 0 Å². The summed E-state index contributed by atoms with van der Waals surface area (Å²) in [6, 6.07) is 11.1. The summed E-state index contributed by atoms with van der Waals surface area (Å²) in [7, 11) is 0. The number of carbonyl (C=O) groups is 1. The summed E-state index contributed by atoms with van der Waals surface area (Å²) >= 11 is 6.06. The highest BCUT2D eigenvalue weighted by atomic mass is 35.5. The zero-order valence-electron chi connectivity index (χ0n) is 14.2. The maximum absolute atomic E-state index is 12.6. The standard InChI is InChI=1S/C20H18ClN3O2/c21-18-10-16(6-3-13(18)11-22)26-15-7-4-14(5-8-15)24-12-19-17(20(24)25)2-1-9-23-19/h1-3,6,9-10,14-15H,4-5,7-8,12H2. The van der Waals surface area contributed by atoms with Gasteiger partial charge in [-0.25, -0.2) is 0 Å². The number of rotatable bonds is 3. The van der Waals surface area contributed by atoms with E-state index in [1.165, 1.54) is 0 Å². The number of pyridine rings is 1. The molecule has 2 aliphatic rings. The number of hydrogen-bond acceptors (Lipinski definition) is 4. The van der Waals surface area contributed by atoms with E-state index in [2.05, 4.69) is 4.98 Å². The highest BCUT2D eigenvalue weighted by molar-refractivity contribution is 6.31. The minimum atomic E-state index is 0.0938. The van der Waals surface area contributed by atoms with Gasteiger partial charge in [0.25, 0.3) is 5.91 Å². The predicted octanol–water partition coefficient (Wildman–Crippen LogP) is 3.95. The summed E-state index contributed by atoms with van der Waals surface area (Å²) in [5.41, 5.74) is 2.06. The average Bonchev–Trinajstić information content (AvgIpc) is 3.00. The fraction of sp³-hybridized carbons (Fsp3) is 0.350. The highest BCUT2D eigenvalue weighted by Gasteiger charge is 2.35. The van der Waals surface area contributed by atoms with Crippen molar-refractivity contribution in [1.82, 2.24) is 9.88 Å². The summed E-state index contributed by atoms with van der Waals surface area (Å²) in [4.78, 5) is 18.9. The molecule has 1 saturated carbocycles. The van der Waals surface area contributed by atoms with Crippen LogP contribution in [0.1, 0.15) is 47.3 Å². The predicted molar refractivity (Wildman–Crippen MR) is 96.9 cm³/mol. The summed E-state index contributed by atoms with van der Waals surface area (Å²) in [6.07, 6.45) is 5.44. The second kappa shape index (κ2) is 6.97. The van der Waals surface area contributed by atoms with Crippen LogP contribution in [0.4, 0.5) is 0 Å². The Morgan fingerprint density at radius 3 is 2.73 bits per heavy atom. The smallest absolute Gasteiger partial charge is 0.256 e. The maximum atomic E-state index is 12.6.